The third kappa shape index (κ3) is 1.73. The summed E-state index contributed by atoms with van der Waals surface area (Å²) in [5, 5.41) is 9.90. The highest BCUT2D eigenvalue weighted by Gasteiger charge is 2.50. The Morgan fingerprint density at radius 3 is 2.84 bits per heavy atom. The van der Waals surface area contributed by atoms with Crippen LogP contribution in [-0.4, -0.2) is 29.6 Å². The third-order valence-electron chi connectivity index (χ3n) is 5.78. The summed E-state index contributed by atoms with van der Waals surface area (Å²) in [5.41, 5.74) is 3.19. The zero-order valence-electron chi connectivity index (χ0n) is 12.3. The Kier molecular flexibility index (Phi) is 3.09. The summed E-state index contributed by atoms with van der Waals surface area (Å²) >= 11 is 0. The Bertz CT molecular complexity index is 484. The first-order valence-electron chi connectivity index (χ1n) is 7.65. The molecule has 1 N–H and O–H groups in total. The Morgan fingerprint density at radius 1 is 1.37 bits per heavy atom. The molecule has 3 atom stereocenters. The minimum Gasteiger partial charge on any atom is -0.508 e. The number of likely N-dealkylation sites (tertiary alicyclic amines) is 1. The second kappa shape index (κ2) is 4.52. The van der Waals surface area contributed by atoms with Gasteiger partial charge in [-0.3, -0.25) is 0 Å². The lowest BCUT2D eigenvalue weighted by Crippen LogP contribution is -2.58. The van der Waals surface area contributed by atoms with E-state index in [2.05, 4.69) is 31.9 Å². The standard InChI is InChI=1S/C17H25NO/c1-4-14-16-10-12-6-7-13(19)11-15(12)17(14,5-2)8-9-18(16)3/h6-7,11,14,16,19H,4-5,8-10H2,1-3H3/t14-,16+,17-/m1/s1. The first kappa shape index (κ1) is 13.0. The van der Waals surface area contributed by atoms with Crippen LogP contribution in [0.2, 0.25) is 0 Å². The van der Waals surface area contributed by atoms with E-state index in [0.717, 1.165) is 12.3 Å². The van der Waals surface area contributed by atoms with E-state index in [4.69, 9.17) is 0 Å². The van der Waals surface area contributed by atoms with Crippen molar-refractivity contribution in [1.82, 2.24) is 4.90 Å². The Labute approximate surface area is 116 Å². The second-order valence-corrected chi connectivity index (χ2v) is 6.37. The maximum atomic E-state index is 9.90. The lowest BCUT2D eigenvalue weighted by Gasteiger charge is -2.56. The summed E-state index contributed by atoms with van der Waals surface area (Å²) in [6.07, 6.45) is 4.79. The zero-order chi connectivity index (χ0) is 13.6. The van der Waals surface area contributed by atoms with Crippen molar-refractivity contribution >= 4 is 0 Å². The number of benzene rings is 1. The lowest BCUT2D eigenvalue weighted by atomic mass is 9.55. The predicted octanol–water partition coefficient (Wildman–Crippen LogP) is 3.33. The quantitative estimate of drug-likeness (QED) is 0.880. The number of phenolic OH excluding ortho intramolecular Hbond substituents is 1. The van der Waals surface area contributed by atoms with Crippen LogP contribution in [0.5, 0.6) is 5.75 Å². The molecule has 1 aromatic rings. The van der Waals surface area contributed by atoms with Crippen LogP contribution in [0.4, 0.5) is 0 Å². The number of piperidine rings is 1. The zero-order valence-corrected chi connectivity index (χ0v) is 12.3. The van der Waals surface area contributed by atoms with Crippen LogP contribution >= 0.6 is 0 Å². The van der Waals surface area contributed by atoms with Gasteiger partial charge in [0.1, 0.15) is 5.75 Å². The van der Waals surface area contributed by atoms with Crippen LogP contribution < -0.4 is 0 Å². The van der Waals surface area contributed by atoms with Gasteiger partial charge in [0.05, 0.1) is 0 Å². The molecule has 0 unspecified atom stereocenters. The monoisotopic (exact) mass is 259 g/mol. The summed E-state index contributed by atoms with van der Waals surface area (Å²) in [6.45, 7) is 5.84. The van der Waals surface area contributed by atoms with E-state index in [0.29, 0.717) is 11.8 Å². The van der Waals surface area contributed by atoms with E-state index >= 15 is 0 Å². The molecule has 2 heteroatoms. The fourth-order valence-corrected chi connectivity index (χ4v) is 4.76. The molecule has 1 aromatic carbocycles. The summed E-state index contributed by atoms with van der Waals surface area (Å²) in [4.78, 5) is 2.55. The van der Waals surface area contributed by atoms with Crippen molar-refractivity contribution in [1.29, 1.82) is 0 Å². The summed E-state index contributed by atoms with van der Waals surface area (Å²) in [5.74, 6) is 1.16. The second-order valence-electron chi connectivity index (χ2n) is 6.37. The molecule has 2 aliphatic rings. The molecule has 0 spiro atoms. The Balaban J connectivity index is 2.18. The van der Waals surface area contributed by atoms with Gasteiger partial charge >= 0.3 is 0 Å². The molecule has 2 nitrogen and oxygen atoms in total. The largest absolute Gasteiger partial charge is 0.508 e. The van der Waals surface area contributed by atoms with Gasteiger partial charge in [0.15, 0.2) is 0 Å². The number of hydrogen-bond acceptors (Lipinski definition) is 2. The van der Waals surface area contributed by atoms with Crippen LogP contribution in [0.15, 0.2) is 18.2 Å². The molecule has 0 radical (unpaired) electrons. The Morgan fingerprint density at radius 2 is 2.16 bits per heavy atom. The summed E-state index contributed by atoms with van der Waals surface area (Å²) in [6, 6.07) is 6.72. The number of phenols is 1. The highest BCUT2D eigenvalue weighted by molar-refractivity contribution is 5.44. The maximum absolute atomic E-state index is 9.90. The van der Waals surface area contributed by atoms with Gasteiger partial charge in [0, 0.05) is 11.5 Å². The van der Waals surface area contributed by atoms with Crippen molar-refractivity contribution < 1.29 is 5.11 Å². The molecular weight excluding hydrogens is 234 g/mol. The van der Waals surface area contributed by atoms with Gasteiger partial charge in [-0.15, -0.1) is 0 Å². The lowest BCUT2D eigenvalue weighted by molar-refractivity contribution is 0.0257. The molecule has 1 saturated heterocycles. The minimum atomic E-state index is 0.290. The maximum Gasteiger partial charge on any atom is 0.115 e. The molecule has 3 rings (SSSR count). The highest BCUT2D eigenvalue weighted by Crippen LogP contribution is 2.52. The average Bonchev–Trinajstić information content (AvgIpc) is 2.42. The number of aromatic hydroxyl groups is 1. The molecule has 2 bridgehead atoms. The van der Waals surface area contributed by atoms with Crippen LogP contribution in [0.1, 0.15) is 44.2 Å². The number of hydrogen-bond donors (Lipinski definition) is 1. The molecule has 0 aromatic heterocycles. The van der Waals surface area contributed by atoms with Crippen molar-refractivity contribution in [3.05, 3.63) is 29.3 Å². The fourth-order valence-electron chi connectivity index (χ4n) is 4.76. The highest BCUT2D eigenvalue weighted by atomic mass is 16.3. The van der Waals surface area contributed by atoms with Crippen LogP contribution in [0, 0.1) is 5.92 Å². The molecule has 19 heavy (non-hydrogen) atoms. The molecule has 1 heterocycles. The SMILES string of the molecule is CC[C@@H]1[C@@H]2Cc3ccc(O)cc3[C@]1(CC)CCN2C. The van der Waals surface area contributed by atoms with Crippen molar-refractivity contribution in [2.24, 2.45) is 5.92 Å². The average molecular weight is 259 g/mol. The number of likely N-dealkylation sites (N-methyl/N-ethyl adjacent to an activating group) is 1. The van der Waals surface area contributed by atoms with Gasteiger partial charge in [-0.25, -0.2) is 0 Å². The van der Waals surface area contributed by atoms with Gasteiger partial charge < -0.3 is 10.0 Å². The smallest absolute Gasteiger partial charge is 0.115 e. The van der Waals surface area contributed by atoms with Gasteiger partial charge in [0.25, 0.3) is 0 Å². The molecule has 0 amide bonds. The Hall–Kier alpha value is -1.02. The normalized spacial score (nSPS) is 34.1. The van der Waals surface area contributed by atoms with Crippen LogP contribution in [-0.2, 0) is 11.8 Å². The molecule has 104 valence electrons. The van der Waals surface area contributed by atoms with Crippen molar-refractivity contribution in [2.75, 3.05) is 13.6 Å². The number of rotatable bonds is 2. The van der Waals surface area contributed by atoms with Gasteiger partial charge in [-0.2, -0.15) is 0 Å². The predicted molar refractivity (Wildman–Crippen MR) is 78.6 cm³/mol. The number of fused-ring (bicyclic) bond motifs is 4. The number of nitrogens with zero attached hydrogens (tertiary/aromatic N) is 1. The van der Waals surface area contributed by atoms with E-state index in [-0.39, 0.29) is 5.41 Å². The van der Waals surface area contributed by atoms with E-state index < -0.39 is 0 Å². The van der Waals surface area contributed by atoms with E-state index in [9.17, 15) is 5.11 Å². The first-order valence-corrected chi connectivity index (χ1v) is 7.65. The van der Waals surface area contributed by atoms with Crippen LogP contribution in [0.3, 0.4) is 0 Å². The van der Waals surface area contributed by atoms with E-state index in [1.807, 2.05) is 12.1 Å². The van der Waals surface area contributed by atoms with Gasteiger partial charge in [-0.05, 0) is 62.0 Å². The fraction of sp³-hybridized carbons (Fsp3) is 0.647. The minimum absolute atomic E-state index is 0.290. The van der Waals surface area contributed by atoms with E-state index in [1.54, 1.807) is 0 Å². The summed E-state index contributed by atoms with van der Waals surface area (Å²) < 4.78 is 0. The van der Waals surface area contributed by atoms with Crippen molar-refractivity contribution in [3.8, 4) is 5.75 Å². The first-order chi connectivity index (χ1) is 9.12. The van der Waals surface area contributed by atoms with Crippen molar-refractivity contribution in [2.45, 2.75) is 51.0 Å². The van der Waals surface area contributed by atoms with Crippen molar-refractivity contribution in [3.63, 3.8) is 0 Å². The molecule has 1 aliphatic heterocycles. The van der Waals surface area contributed by atoms with Gasteiger partial charge in [-0.1, -0.05) is 26.3 Å². The third-order valence-corrected chi connectivity index (χ3v) is 5.78. The summed E-state index contributed by atoms with van der Waals surface area (Å²) in [7, 11) is 2.28. The molecule has 1 fully saturated rings. The van der Waals surface area contributed by atoms with E-state index in [1.165, 1.54) is 36.9 Å². The van der Waals surface area contributed by atoms with Gasteiger partial charge in [0.2, 0.25) is 0 Å². The molecular formula is C17H25NO. The van der Waals surface area contributed by atoms with Crippen LogP contribution in [0.25, 0.3) is 0 Å². The molecule has 0 saturated carbocycles. The molecule has 1 aliphatic carbocycles. The topological polar surface area (TPSA) is 23.5 Å².